The number of fused-ring (bicyclic) bond motifs is 1. The summed E-state index contributed by atoms with van der Waals surface area (Å²) in [6.45, 7) is 3.25. The lowest BCUT2D eigenvalue weighted by Gasteiger charge is -2.14. The Morgan fingerprint density at radius 3 is 2.88 bits per heavy atom. The van der Waals surface area contributed by atoms with Crippen LogP contribution in [-0.4, -0.2) is 9.55 Å². The van der Waals surface area contributed by atoms with Crippen molar-refractivity contribution in [2.75, 3.05) is 0 Å². The third kappa shape index (κ3) is 1.81. The molecule has 3 rings (SSSR count). The van der Waals surface area contributed by atoms with Crippen molar-refractivity contribution < 1.29 is 0 Å². The average Bonchev–Trinajstić information content (AvgIpc) is 3.00. The van der Waals surface area contributed by atoms with Gasteiger partial charge in [-0.2, -0.15) is 0 Å². The first-order valence-corrected chi connectivity index (χ1v) is 6.81. The summed E-state index contributed by atoms with van der Waals surface area (Å²) >= 11 is 11.7. The SMILES string of the molecule is CCC1(Cn2c(=S)[nH]c3cccc(Cl)c32)CC1. The second kappa shape index (κ2) is 3.85. The summed E-state index contributed by atoms with van der Waals surface area (Å²) in [6, 6.07) is 5.90. The van der Waals surface area contributed by atoms with E-state index in [1.54, 1.807) is 0 Å². The van der Waals surface area contributed by atoms with E-state index in [0.717, 1.165) is 27.4 Å². The molecule has 1 aromatic carbocycles. The first-order valence-electron chi connectivity index (χ1n) is 6.02. The van der Waals surface area contributed by atoms with Gasteiger partial charge in [-0.1, -0.05) is 24.6 Å². The molecular weight excluding hydrogens is 252 g/mol. The molecule has 2 nitrogen and oxygen atoms in total. The van der Waals surface area contributed by atoms with Crippen LogP contribution in [0.4, 0.5) is 0 Å². The lowest BCUT2D eigenvalue weighted by atomic mass is 10.0. The predicted octanol–water partition coefficient (Wildman–Crippen LogP) is 4.54. The number of halogens is 1. The zero-order valence-corrected chi connectivity index (χ0v) is 11.4. The van der Waals surface area contributed by atoms with Gasteiger partial charge in [0.2, 0.25) is 0 Å². The second-order valence-corrected chi connectivity index (χ2v) is 5.80. The largest absolute Gasteiger partial charge is 0.331 e. The maximum Gasteiger partial charge on any atom is 0.178 e. The zero-order chi connectivity index (χ0) is 12.0. The van der Waals surface area contributed by atoms with Gasteiger partial charge in [-0.25, -0.2) is 0 Å². The molecule has 1 N–H and O–H groups in total. The van der Waals surface area contributed by atoms with Gasteiger partial charge in [0, 0.05) is 6.54 Å². The summed E-state index contributed by atoms with van der Waals surface area (Å²) in [6.07, 6.45) is 3.83. The summed E-state index contributed by atoms with van der Waals surface area (Å²) in [5, 5.41) is 0.779. The Bertz CT molecular complexity index is 622. The average molecular weight is 267 g/mol. The molecule has 0 saturated heterocycles. The first kappa shape index (κ1) is 11.3. The molecule has 2 aromatic rings. The van der Waals surface area contributed by atoms with Gasteiger partial charge < -0.3 is 9.55 Å². The summed E-state index contributed by atoms with van der Waals surface area (Å²) < 4.78 is 2.96. The zero-order valence-electron chi connectivity index (χ0n) is 9.79. The number of nitrogens with one attached hydrogen (secondary N) is 1. The highest BCUT2D eigenvalue weighted by Gasteiger charge is 2.41. The molecule has 0 amide bonds. The van der Waals surface area contributed by atoms with Crippen LogP contribution in [0.5, 0.6) is 0 Å². The van der Waals surface area contributed by atoms with Crippen molar-refractivity contribution >= 4 is 34.9 Å². The number of nitrogens with zero attached hydrogens (tertiary/aromatic N) is 1. The second-order valence-electron chi connectivity index (χ2n) is 5.01. The van der Waals surface area contributed by atoms with Crippen LogP contribution >= 0.6 is 23.8 Å². The maximum absolute atomic E-state index is 6.28. The molecule has 0 aliphatic heterocycles. The molecule has 0 spiro atoms. The van der Waals surface area contributed by atoms with E-state index >= 15 is 0 Å². The van der Waals surface area contributed by atoms with Crippen LogP contribution < -0.4 is 0 Å². The molecule has 0 unspecified atom stereocenters. The van der Waals surface area contributed by atoms with Crippen LogP contribution in [0.15, 0.2) is 18.2 Å². The quantitative estimate of drug-likeness (QED) is 0.809. The molecule has 0 bridgehead atoms. The fraction of sp³-hybridized carbons (Fsp3) is 0.462. The van der Waals surface area contributed by atoms with E-state index in [0.29, 0.717) is 5.41 Å². The normalized spacial score (nSPS) is 17.5. The number of rotatable bonds is 3. The van der Waals surface area contributed by atoms with Gasteiger partial charge >= 0.3 is 0 Å². The van der Waals surface area contributed by atoms with Crippen molar-refractivity contribution in [1.29, 1.82) is 0 Å². The van der Waals surface area contributed by atoms with E-state index in [-0.39, 0.29) is 0 Å². The van der Waals surface area contributed by atoms with Crippen LogP contribution in [0, 0.1) is 10.2 Å². The standard InChI is InChI=1S/C13H15ClN2S/c1-2-13(6-7-13)8-16-11-9(14)4-3-5-10(11)15-12(16)17/h3-5H,2,6-8H2,1H3,(H,15,17). The van der Waals surface area contributed by atoms with Crippen LogP contribution in [0.3, 0.4) is 0 Å². The molecule has 4 heteroatoms. The minimum Gasteiger partial charge on any atom is -0.331 e. The number of H-pyrrole nitrogens is 1. The van der Waals surface area contributed by atoms with Crippen molar-refractivity contribution in [2.45, 2.75) is 32.7 Å². The smallest absolute Gasteiger partial charge is 0.178 e. The van der Waals surface area contributed by atoms with Gasteiger partial charge in [0.05, 0.1) is 16.1 Å². The minimum absolute atomic E-state index is 0.465. The summed E-state index contributed by atoms with van der Waals surface area (Å²) in [7, 11) is 0. The topological polar surface area (TPSA) is 20.7 Å². The van der Waals surface area contributed by atoms with Gasteiger partial charge in [0.25, 0.3) is 0 Å². The third-order valence-electron chi connectivity index (χ3n) is 3.94. The van der Waals surface area contributed by atoms with Gasteiger partial charge in [-0.15, -0.1) is 0 Å². The van der Waals surface area contributed by atoms with Crippen molar-refractivity contribution in [3.8, 4) is 0 Å². The number of benzene rings is 1. The monoisotopic (exact) mass is 266 g/mol. The van der Waals surface area contributed by atoms with Crippen molar-refractivity contribution in [3.05, 3.63) is 28.0 Å². The maximum atomic E-state index is 6.28. The number of aromatic nitrogens is 2. The molecule has 0 radical (unpaired) electrons. The molecule has 17 heavy (non-hydrogen) atoms. The minimum atomic E-state index is 0.465. The Morgan fingerprint density at radius 1 is 1.47 bits per heavy atom. The number of hydrogen-bond donors (Lipinski definition) is 1. The van der Waals surface area contributed by atoms with Gasteiger partial charge in [0.15, 0.2) is 4.77 Å². The lowest BCUT2D eigenvalue weighted by molar-refractivity contribution is 0.413. The van der Waals surface area contributed by atoms with E-state index in [9.17, 15) is 0 Å². The number of imidazole rings is 1. The van der Waals surface area contributed by atoms with Crippen LogP contribution in [0.25, 0.3) is 11.0 Å². The van der Waals surface area contributed by atoms with Gasteiger partial charge in [0.1, 0.15) is 0 Å². The summed E-state index contributed by atoms with van der Waals surface area (Å²) in [5.74, 6) is 0. The Labute approximate surface area is 111 Å². The highest BCUT2D eigenvalue weighted by Crippen LogP contribution is 2.50. The highest BCUT2D eigenvalue weighted by atomic mass is 35.5. The van der Waals surface area contributed by atoms with E-state index < -0.39 is 0 Å². The predicted molar refractivity (Wildman–Crippen MR) is 74.1 cm³/mol. The molecule has 1 aliphatic carbocycles. The Morgan fingerprint density at radius 2 is 2.24 bits per heavy atom. The van der Waals surface area contributed by atoms with Crippen LogP contribution in [-0.2, 0) is 6.54 Å². The summed E-state index contributed by atoms with van der Waals surface area (Å²) in [4.78, 5) is 3.24. The lowest BCUT2D eigenvalue weighted by Crippen LogP contribution is -2.10. The van der Waals surface area contributed by atoms with Crippen molar-refractivity contribution in [2.24, 2.45) is 5.41 Å². The van der Waals surface area contributed by atoms with Crippen LogP contribution in [0.1, 0.15) is 26.2 Å². The molecule has 1 aromatic heterocycles. The Kier molecular flexibility index (Phi) is 2.56. The first-order chi connectivity index (χ1) is 8.15. The Hall–Kier alpha value is -0.800. The van der Waals surface area contributed by atoms with E-state index in [2.05, 4.69) is 16.5 Å². The molecule has 1 fully saturated rings. The number of hydrogen-bond acceptors (Lipinski definition) is 1. The van der Waals surface area contributed by atoms with E-state index in [1.165, 1.54) is 19.3 Å². The Balaban J connectivity index is 2.15. The fourth-order valence-corrected chi connectivity index (χ4v) is 3.00. The van der Waals surface area contributed by atoms with Crippen molar-refractivity contribution in [3.63, 3.8) is 0 Å². The number of para-hydroxylation sites is 1. The molecule has 1 saturated carbocycles. The van der Waals surface area contributed by atoms with Gasteiger partial charge in [-0.3, -0.25) is 0 Å². The fourth-order valence-electron chi connectivity index (χ4n) is 2.46. The van der Waals surface area contributed by atoms with Crippen molar-refractivity contribution in [1.82, 2.24) is 9.55 Å². The number of aromatic amines is 1. The van der Waals surface area contributed by atoms with E-state index in [4.69, 9.17) is 23.8 Å². The van der Waals surface area contributed by atoms with Gasteiger partial charge in [-0.05, 0) is 49.0 Å². The van der Waals surface area contributed by atoms with Crippen LogP contribution in [0.2, 0.25) is 5.02 Å². The third-order valence-corrected chi connectivity index (χ3v) is 4.57. The van der Waals surface area contributed by atoms with E-state index in [1.807, 2.05) is 18.2 Å². The molecule has 1 heterocycles. The molecule has 90 valence electrons. The molecular formula is C13H15ClN2S. The molecule has 1 aliphatic rings. The highest BCUT2D eigenvalue weighted by molar-refractivity contribution is 7.71. The molecule has 0 atom stereocenters. The summed E-state index contributed by atoms with van der Waals surface area (Å²) in [5.41, 5.74) is 2.56.